The first-order valence-corrected chi connectivity index (χ1v) is 5.38. The third-order valence-corrected chi connectivity index (χ3v) is 2.51. The maximum atomic E-state index is 12.5. The number of aliphatic hydroxyl groups excluding tert-OH is 1. The van der Waals surface area contributed by atoms with Crippen molar-refractivity contribution in [2.75, 3.05) is 13.3 Å². The fourth-order valence-electron chi connectivity index (χ4n) is 1.54. The van der Waals surface area contributed by atoms with Crippen LogP contribution in [0.5, 0.6) is 0 Å². The first-order valence-electron chi connectivity index (χ1n) is 5.38. The monoisotopic (exact) mass is 269 g/mol. The number of halogens is 1. The minimum Gasteiger partial charge on any atom is -0.394 e. The quantitative estimate of drug-likeness (QED) is 0.580. The highest BCUT2D eigenvalue weighted by molar-refractivity contribution is 5.09. The van der Waals surface area contributed by atoms with E-state index < -0.39 is 24.2 Å². The van der Waals surface area contributed by atoms with E-state index in [-0.39, 0.29) is 12.5 Å². The molecule has 2 heterocycles. The van der Waals surface area contributed by atoms with Gasteiger partial charge in [-0.1, -0.05) is 10.2 Å². The van der Waals surface area contributed by atoms with Crippen LogP contribution in [0.4, 0.5) is 10.3 Å². The van der Waals surface area contributed by atoms with E-state index in [0.717, 1.165) is 0 Å². The maximum absolute atomic E-state index is 12.5. The molecule has 1 N–H and O–H groups in total. The van der Waals surface area contributed by atoms with Gasteiger partial charge in [0.15, 0.2) is 0 Å². The van der Waals surface area contributed by atoms with Crippen molar-refractivity contribution in [3.05, 3.63) is 34.4 Å². The van der Waals surface area contributed by atoms with Gasteiger partial charge in [0, 0.05) is 0 Å². The molecule has 0 saturated heterocycles. The molecule has 1 unspecified atom stereocenters. The minimum absolute atomic E-state index is 0.0980. The van der Waals surface area contributed by atoms with Crippen LogP contribution in [0, 0.1) is 10.1 Å². The molecule has 9 nitrogen and oxygen atoms in total. The third-order valence-electron chi connectivity index (χ3n) is 2.51. The van der Waals surface area contributed by atoms with Crippen LogP contribution in [-0.2, 0) is 6.54 Å². The average Bonchev–Trinajstić information content (AvgIpc) is 3.01. The average molecular weight is 269 g/mol. The molecule has 0 amide bonds. The van der Waals surface area contributed by atoms with E-state index >= 15 is 0 Å². The summed E-state index contributed by atoms with van der Waals surface area (Å²) in [5.74, 6) is -0.307. The van der Waals surface area contributed by atoms with Gasteiger partial charge in [-0.15, -0.1) is 5.10 Å². The van der Waals surface area contributed by atoms with Crippen molar-refractivity contribution in [1.82, 2.24) is 24.5 Å². The highest BCUT2D eigenvalue weighted by atomic mass is 18.2. The molecule has 0 saturated carbocycles. The fraction of sp³-hybridized carbons (Fsp3) is 0.444. The molecule has 2 aromatic heterocycles. The van der Waals surface area contributed by atoms with Crippen LogP contribution in [0.15, 0.2) is 18.6 Å². The van der Waals surface area contributed by atoms with Gasteiger partial charge in [-0.25, -0.2) is 13.6 Å². The molecular formula is C9H11FN6O3. The fourth-order valence-corrected chi connectivity index (χ4v) is 1.54. The van der Waals surface area contributed by atoms with Gasteiger partial charge in [0.1, 0.15) is 37.3 Å². The van der Waals surface area contributed by atoms with Crippen molar-refractivity contribution in [3.8, 4) is 0 Å². The summed E-state index contributed by atoms with van der Waals surface area (Å²) in [6.07, 6.45) is 4.18. The Balaban J connectivity index is 2.16. The van der Waals surface area contributed by atoms with Gasteiger partial charge in [0.05, 0.1) is 12.8 Å². The SMILES string of the molecule is O=[N+]([O-])c1nccn1Cc1cn(C(CO)C[18F])nn1. The summed E-state index contributed by atoms with van der Waals surface area (Å²) < 4.78 is 15.0. The van der Waals surface area contributed by atoms with E-state index in [1.807, 2.05) is 0 Å². The molecule has 1 atom stereocenters. The van der Waals surface area contributed by atoms with E-state index in [2.05, 4.69) is 15.3 Å². The number of hydrogen-bond acceptors (Lipinski definition) is 6. The zero-order valence-electron chi connectivity index (χ0n) is 9.76. The van der Waals surface area contributed by atoms with Crippen LogP contribution in [0.3, 0.4) is 0 Å². The molecule has 2 aromatic rings. The zero-order valence-corrected chi connectivity index (χ0v) is 9.76. The van der Waals surface area contributed by atoms with Gasteiger partial charge in [0.25, 0.3) is 0 Å². The summed E-state index contributed by atoms with van der Waals surface area (Å²) in [6.45, 7) is -1.07. The van der Waals surface area contributed by atoms with Crippen LogP contribution in [0.25, 0.3) is 0 Å². The molecule has 19 heavy (non-hydrogen) atoms. The molecule has 0 aliphatic heterocycles. The number of aromatic nitrogens is 5. The summed E-state index contributed by atoms with van der Waals surface area (Å²) in [6, 6.07) is -0.793. The number of nitro groups is 1. The van der Waals surface area contributed by atoms with Crippen molar-refractivity contribution in [3.63, 3.8) is 0 Å². The predicted octanol–water partition coefficient (Wildman–Crippen LogP) is -0.0660. The second-order valence-electron chi connectivity index (χ2n) is 3.79. The molecule has 2 rings (SSSR count). The first kappa shape index (κ1) is 13.1. The van der Waals surface area contributed by atoms with Crippen LogP contribution in [-0.4, -0.2) is 47.9 Å². The van der Waals surface area contributed by atoms with Gasteiger partial charge < -0.3 is 15.2 Å². The Morgan fingerprint density at radius 2 is 2.37 bits per heavy atom. The Bertz CT molecular complexity index is 564. The number of aliphatic hydroxyl groups is 1. The predicted molar refractivity (Wildman–Crippen MR) is 60.1 cm³/mol. The normalized spacial score (nSPS) is 12.5. The number of nitrogens with zero attached hydrogens (tertiary/aromatic N) is 6. The molecule has 0 aliphatic rings. The lowest BCUT2D eigenvalue weighted by Gasteiger charge is -2.07. The van der Waals surface area contributed by atoms with Gasteiger partial charge in [-0.2, -0.15) is 0 Å². The van der Waals surface area contributed by atoms with Gasteiger partial charge in [-0.05, 0) is 4.92 Å². The summed E-state index contributed by atoms with van der Waals surface area (Å²) in [7, 11) is 0. The van der Waals surface area contributed by atoms with E-state index in [1.54, 1.807) is 0 Å². The highest BCUT2D eigenvalue weighted by Crippen LogP contribution is 2.11. The lowest BCUT2D eigenvalue weighted by Crippen LogP contribution is -2.15. The highest BCUT2D eigenvalue weighted by Gasteiger charge is 2.17. The largest absolute Gasteiger partial charge is 0.434 e. The summed E-state index contributed by atoms with van der Waals surface area (Å²) >= 11 is 0. The van der Waals surface area contributed by atoms with Crippen molar-refractivity contribution in [2.45, 2.75) is 12.6 Å². The van der Waals surface area contributed by atoms with Crippen molar-refractivity contribution < 1.29 is 14.4 Å². The molecule has 0 bridgehead atoms. The van der Waals surface area contributed by atoms with E-state index in [1.165, 1.54) is 27.8 Å². The molecule has 0 aromatic carbocycles. The van der Waals surface area contributed by atoms with E-state index in [9.17, 15) is 14.5 Å². The topological polar surface area (TPSA) is 112 Å². The maximum Gasteiger partial charge on any atom is 0.434 e. The first-order chi connectivity index (χ1) is 9.15. The third kappa shape index (κ3) is 2.73. The second kappa shape index (κ2) is 5.52. The van der Waals surface area contributed by atoms with Gasteiger partial charge in [-0.3, -0.25) is 0 Å². The van der Waals surface area contributed by atoms with Crippen LogP contribution in [0.2, 0.25) is 0 Å². The van der Waals surface area contributed by atoms with Crippen LogP contribution in [0.1, 0.15) is 11.7 Å². The Kier molecular flexibility index (Phi) is 3.80. The van der Waals surface area contributed by atoms with Crippen LogP contribution >= 0.6 is 0 Å². The Morgan fingerprint density at radius 1 is 1.58 bits per heavy atom. The molecule has 0 radical (unpaired) electrons. The zero-order chi connectivity index (χ0) is 13.8. The van der Waals surface area contributed by atoms with Crippen molar-refractivity contribution >= 4 is 5.95 Å². The van der Waals surface area contributed by atoms with Gasteiger partial charge >= 0.3 is 5.95 Å². The number of alkyl halides is 1. The van der Waals surface area contributed by atoms with E-state index in [0.29, 0.717) is 5.69 Å². The Labute approximate surface area is 106 Å². The smallest absolute Gasteiger partial charge is 0.394 e. The second-order valence-corrected chi connectivity index (χ2v) is 3.79. The Morgan fingerprint density at radius 3 is 3.00 bits per heavy atom. The molecule has 0 spiro atoms. The van der Waals surface area contributed by atoms with E-state index in [4.69, 9.17) is 5.11 Å². The summed E-state index contributed by atoms with van der Waals surface area (Å²) in [4.78, 5) is 13.7. The number of imidazole rings is 1. The lowest BCUT2D eigenvalue weighted by molar-refractivity contribution is -0.396. The van der Waals surface area contributed by atoms with Crippen LogP contribution < -0.4 is 0 Å². The number of rotatable bonds is 6. The van der Waals surface area contributed by atoms with Crippen molar-refractivity contribution in [2.24, 2.45) is 0 Å². The Hall–Kier alpha value is -2.36. The standard InChI is InChI=1S/C9H11FN6O3/c10-3-8(6-17)15-5-7(12-13-15)4-14-2-1-11-9(14)16(18)19/h1-2,5,8,17H,3-4,6H2/i10-1. The molecule has 10 heteroatoms. The van der Waals surface area contributed by atoms with Gasteiger partial charge in [0.2, 0.25) is 0 Å². The minimum atomic E-state index is -0.793. The number of hydrogen-bond donors (Lipinski definition) is 1. The molecular weight excluding hydrogens is 258 g/mol. The lowest BCUT2D eigenvalue weighted by atomic mass is 10.3. The van der Waals surface area contributed by atoms with Crippen molar-refractivity contribution in [1.29, 1.82) is 0 Å². The summed E-state index contributed by atoms with van der Waals surface area (Å²) in [5, 5.41) is 27.1. The molecule has 0 aliphatic carbocycles. The molecule has 0 fully saturated rings. The summed E-state index contributed by atoms with van der Waals surface area (Å²) in [5.41, 5.74) is 0.410. The molecule has 102 valence electrons.